The predicted molar refractivity (Wildman–Crippen MR) is 119 cm³/mol. The maximum absolute atomic E-state index is 12.9. The smallest absolute Gasteiger partial charge is 0.414 e. The maximum atomic E-state index is 12.9. The van der Waals surface area contributed by atoms with Crippen molar-refractivity contribution < 1.29 is 39.0 Å². The van der Waals surface area contributed by atoms with Gasteiger partial charge < -0.3 is 24.6 Å². The standard InChI is InChI=1S/C20H23N3O5.C2H2O4/c1-27-18-9-5-7-16(19(18)28-2)20(24)22-12-10-21(11-13-22)14-15-6-3-4-8-17(15)23(25)26;3-1(4)2(5)6/h3-9H,10-14H2,1-2H3;(H,3,4)(H,5,6). The van der Waals surface area contributed by atoms with Gasteiger partial charge in [-0.1, -0.05) is 24.3 Å². The zero-order valence-electron chi connectivity index (χ0n) is 18.7. The van der Waals surface area contributed by atoms with E-state index in [2.05, 4.69) is 4.90 Å². The number of nitro benzene ring substituents is 1. The quantitative estimate of drug-likeness (QED) is 0.358. The molecule has 1 aliphatic rings. The highest BCUT2D eigenvalue weighted by Crippen LogP contribution is 2.31. The number of ether oxygens (including phenoxy) is 2. The molecule has 0 unspecified atom stereocenters. The minimum atomic E-state index is -1.82. The molecule has 0 atom stereocenters. The first kappa shape index (κ1) is 26.1. The van der Waals surface area contributed by atoms with E-state index in [9.17, 15) is 14.9 Å². The normalized spacial score (nSPS) is 13.3. The van der Waals surface area contributed by atoms with Crippen molar-refractivity contribution >= 4 is 23.5 Å². The first-order valence-corrected chi connectivity index (χ1v) is 10.1. The van der Waals surface area contributed by atoms with Gasteiger partial charge in [0.25, 0.3) is 11.6 Å². The van der Waals surface area contributed by atoms with E-state index in [1.165, 1.54) is 20.3 Å². The minimum Gasteiger partial charge on any atom is -0.493 e. The molecule has 12 nitrogen and oxygen atoms in total. The van der Waals surface area contributed by atoms with Gasteiger partial charge >= 0.3 is 11.9 Å². The Labute approximate surface area is 195 Å². The van der Waals surface area contributed by atoms with Gasteiger partial charge in [0.1, 0.15) is 0 Å². The zero-order chi connectivity index (χ0) is 25.3. The fraction of sp³-hybridized carbons (Fsp3) is 0.318. The number of amides is 1. The van der Waals surface area contributed by atoms with E-state index in [0.29, 0.717) is 55.3 Å². The molecule has 0 spiro atoms. The Morgan fingerprint density at radius 3 is 2.09 bits per heavy atom. The molecule has 2 aromatic carbocycles. The molecule has 1 heterocycles. The molecule has 1 amide bonds. The maximum Gasteiger partial charge on any atom is 0.414 e. The number of hydrogen-bond donors (Lipinski definition) is 2. The van der Waals surface area contributed by atoms with Crippen molar-refractivity contribution in [2.75, 3.05) is 40.4 Å². The summed E-state index contributed by atoms with van der Waals surface area (Å²) < 4.78 is 10.6. The lowest BCUT2D eigenvalue weighted by molar-refractivity contribution is -0.385. The molecule has 34 heavy (non-hydrogen) atoms. The molecular formula is C22H25N3O9. The van der Waals surface area contributed by atoms with Gasteiger partial charge in [0.15, 0.2) is 11.5 Å². The van der Waals surface area contributed by atoms with Crippen molar-refractivity contribution in [2.45, 2.75) is 6.54 Å². The molecule has 0 radical (unpaired) electrons. The van der Waals surface area contributed by atoms with Crippen molar-refractivity contribution in [3.8, 4) is 11.5 Å². The van der Waals surface area contributed by atoms with Crippen LogP contribution in [0.4, 0.5) is 5.69 Å². The summed E-state index contributed by atoms with van der Waals surface area (Å²) in [5.74, 6) is -2.81. The number of benzene rings is 2. The highest BCUT2D eigenvalue weighted by atomic mass is 16.6. The summed E-state index contributed by atoms with van der Waals surface area (Å²) in [6, 6.07) is 12.0. The highest BCUT2D eigenvalue weighted by Gasteiger charge is 2.26. The van der Waals surface area contributed by atoms with Gasteiger partial charge in [-0.2, -0.15) is 0 Å². The number of piperazine rings is 1. The van der Waals surface area contributed by atoms with E-state index >= 15 is 0 Å². The Kier molecular flexibility index (Phi) is 9.32. The number of carboxylic acids is 2. The van der Waals surface area contributed by atoms with Crippen molar-refractivity contribution in [1.29, 1.82) is 0 Å². The van der Waals surface area contributed by atoms with Crippen LogP contribution in [-0.2, 0) is 16.1 Å². The molecule has 2 N–H and O–H groups in total. The summed E-state index contributed by atoms with van der Waals surface area (Å²) in [6.07, 6.45) is 0. The van der Waals surface area contributed by atoms with Crippen LogP contribution in [0.15, 0.2) is 42.5 Å². The predicted octanol–water partition coefficient (Wildman–Crippen LogP) is 1.73. The van der Waals surface area contributed by atoms with Crippen molar-refractivity contribution in [2.24, 2.45) is 0 Å². The zero-order valence-corrected chi connectivity index (χ0v) is 18.7. The highest BCUT2D eigenvalue weighted by molar-refractivity contribution is 6.27. The second-order valence-electron chi connectivity index (χ2n) is 7.11. The minimum absolute atomic E-state index is 0.110. The molecule has 2 aromatic rings. The summed E-state index contributed by atoms with van der Waals surface area (Å²) >= 11 is 0. The van der Waals surface area contributed by atoms with Crippen LogP contribution in [0.5, 0.6) is 11.5 Å². The molecule has 0 bridgehead atoms. The fourth-order valence-corrected chi connectivity index (χ4v) is 3.40. The number of methoxy groups -OCH3 is 2. The number of carbonyl (C=O) groups is 3. The number of carboxylic acid groups (broad SMARTS) is 2. The van der Waals surface area contributed by atoms with Crippen molar-refractivity contribution in [3.05, 3.63) is 63.7 Å². The Hall–Kier alpha value is -4.19. The average molecular weight is 475 g/mol. The monoisotopic (exact) mass is 475 g/mol. The Balaban J connectivity index is 0.000000604. The van der Waals surface area contributed by atoms with Gasteiger partial charge in [-0.15, -0.1) is 0 Å². The fourth-order valence-electron chi connectivity index (χ4n) is 3.40. The van der Waals surface area contributed by atoms with Crippen molar-refractivity contribution in [3.63, 3.8) is 0 Å². The van der Waals surface area contributed by atoms with Gasteiger partial charge in [-0.05, 0) is 12.1 Å². The molecule has 0 aromatic heterocycles. The molecule has 1 saturated heterocycles. The summed E-state index contributed by atoms with van der Waals surface area (Å²) in [5.41, 5.74) is 1.28. The van der Waals surface area contributed by atoms with Crippen LogP contribution in [0.1, 0.15) is 15.9 Å². The Morgan fingerprint density at radius 2 is 1.56 bits per heavy atom. The third-order valence-electron chi connectivity index (χ3n) is 5.06. The number of nitro groups is 1. The summed E-state index contributed by atoms with van der Waals surface area (Å²) in [7, 11) is 3.05. The number of nitrogens with zero attached hydrogens (tertiary/aromatic N) is 3. The van der Waals surface area contributed by atoms with Crippen LogP contribution >= 0.6 is 0 Å². The molecule has 182 valence electrons. The van der Waals surface area contributed by atoms with Crippen molar-refractivity contribution in [1.82, 2.24) is 9.80 Å². The topological polar surface area (TPSA) is 160 Å². The van der Waals surface area contributed by atoms with Crippen LogP contribution in [0, 0.1) is 10.1 Å². The SMILES string of the molecule is COc1cccc(C(=O)N2CCN(Cc3ccccc3[N+](=O)[O-])CC2)c1OC.O=C(O)C(=O)O. The molecule has 12 heteroatoms. The summed E-state index contributed by atoms with van der Waals surface area (Å²) in [5, 5.41) is 26.0. The van der Waals surface area contributed by atoms with Gasteiger partial charge in [-0.3, -0.25) is 19.8 Å². The second-order valence-corrected chi connectivity index (χ2v) is 7.11. The Bertz CT molecular complexity index is 1040. The van der Waals surface area contributed by atoms with Crippen LogP contribution in [-0.4, -0.2) is 83.2 Å². The lowest BCUT2D eigenvalue weighted by Gasteiger charge is -2.35. The van der Waals surface area contributed by atoms with E-state index < -0.39 is 11.9 Å². The third kappa shape index (κ3) is 6.65. The first-order valence-electron chi connectivity index (χ1n) is 10.1. The summed E-state index contributed by atoms with van der Waals surface area (Å²) in [6.45, 7) is 2.86. The second kappa shape index (κ2) is 12.2. The lowest BCUT2D eigenvalue weighted by atomic mass is 10.1. The molecule has 0 aliphatic carbocycles. The number of rotatable bonds is 6. The largest absolute Gasteiger partial charge is 0.493 e. The summed E-state index contributed by atoms with van der Waals surface area (Å²) in [4.78, 5) is 45.9. The number of carbonyl (C=O) groups excluding carboxylic acids is 1. The number of hydrogen-bond acceptors (Lipinski definition) is 8. The molecule has 1 aliphatic heterocycles. The molecule has 3 rings (SSSR count). The van der Waals surface area contributed by atoms with E-state index in [0.717, 1.165) is 0 Å². The van der Waals surface area contributed by atoms with Crippen LogP contribution < -0.4 is 9.47 Å². The van der Waals surface area contributed by atoms with E-state index in [4.69, 9.17) is 29.3 Å². The van der Waals surface area contributed by atoms with Gasteiger partial charge in [0, 0.05) is 44.4 Å². The van der Waals surface area contributed by atoms with E-state index in [1.807, 2.05) is 0 Å². The van der Waals surface area contributed by atoms with Gasteiger partial charge in [-0.25, -0.2) is 9.59 Å². The number of aliphatic carboxylic acids is 2. The molecule has 1 fully saturated rings. The van der Waals surface area contributed by atoms with Gasteiger partial charge in [0.2, 0.25) is 0 Å². The first-order chi connectivity index (χ1) is 16.2. The van der Waals surface area contributed by atoms with Gasteiger partial charge in [0.05, 0.1) is 24.7 Å². The van der Waals surface area contributed by atoms with Crippen LogP contribution in [0.2, 0.25) is 0 Å². The molecule has 0 saturated carbocycles. The van der Waals surface area contributed by atoms with Crippen LogP contribution in [0.25, 0.3) is 0 Å². The lowest BCUT2D eigenvalue weighted by Crippen LogP contribution is -2.48. The number of para-hydroxylation sites is 2. The average Bonchev–Trinajstić information content (AvgIpc) is 2.84. The van der Waals surface area contributed by atoms with E-state index in [1.54, 1.807) is 41.3 Å². The van der Waals surface area contributed by atoms with E-state index in [-0.39, 0.29) is 16.5 Å². The molecular weight excluding hydrogens is 450 g/mol. The van der Waals surface area contributed by atoms with Crippen LogP contribution in [0.3, 0.4) is 0 Å². The Morgan fingerprint density at radius 1 is 0.941 bits per heavy atom. The third-order valence-corrected chi connectivity index (χ3v) is 5.06.